The first-order chi connectivity index (χ1) is 14.7. The number of nitrogens with one attached hydrogen (secondary N) is 1. The third-order valence-corrected chi connectivity index (χ3v) is 4.87. The predicted molar refractivity (Wildman–Crippen MR) is 111 cm³/mol. The van der Waals surface area contributed by atoms with Crippen molar-refractivity contribution in [3.63, 3.8) is 0 Å². The largest absolute Gasteiger partial charge is 0.420 e. The first kappa shape index (κ1) is 17.9. The fraction of sp³-hybridized carbons (Fsp3) is 0.0909. The van der Waals surface area contributed by atoms with Crippen molar-refractivity contribution >= 4 is 28.0 Å². The number of pyridine rings is 1. The Kier molecular flexibility index (Phi) is 4.36. The van der Waals surface area contributed by atoms with Gasteiger partial charge in [0.25, 0.3) is 0 Å². The summed E-state index contributed by atoms with van der Waals surface area (Å²) in [5.41, 5.74) is 3.78. The van der Waals surface area contributed by atoms with Crippen molar-refractivity contribution in [2.24, 2.45) is 0 Å². The lowest BCUT2D eigenvalue weighted by Crippen LogP contribution is -2.30. The topological polar surface area (TPSA) is 94.9 Å². The first-order valence-electron chi connectivity index (χ1n) is 9.41. The molecule has 148 valence electrons. The van der Waals surface area contributed by atoms with Gasteiger partial charge < -0.3 is 9.73 Å². The van der Waals surface area contributed by atoms with Gasteiger partial charge in [-0.1, -0.05) is 30.3 Å². The van der Waals surface area contributed by atoms with E-state index in [1.54, 1.807) is 36.8 Å². The van der Waals surface area contributed by atoms with Gasteiger partial charge in [0.2, 0.25) is 5.91 Å². The Balaban J connectivity index is 1.27. The van der Waals surface area contributed by atoms with Gasteiger partial charge in [-0.15, -0.1) is 0 Å². The van der Waals surface area contributed by atoms with Gasteiger partial charge in [0.15, 0.2) is 5.58 Å². The standard InChI is InChI=1S/C22H17N5O3/c28-21(13-26-18-7-3-4-8-19(18)30-22(26)29)24-12-15-9-10-20(23-11-15)27-14-25-16-5-1-2-6-17(16)27/h1-11,14H,12-13H2,(H,24,28). The zero-order chi connectivity index (χ0) is 20.5. The van der Waals surface area contributed by atoms with Crippen LogP contribution >= 0.6 is 0 Å². The highest BCUT2D eigenvalue weighted by molar-refractivity contribution is 5.79. The summed E-state index contributed by atoms with van der Waals surface area (Å²) in [7, 11) is 0. The Hall–Kier alpha value is -4.20. The van der Waals surface area contributed by atoms with Gasteiger partial charge >= 0.3 is 5.76 Å². The summed E-state index contributed by atoms with van der Waals surface area (Å²) < 4.78 is 8.38. The monoisotopic (exact) mass is 399 g/mol. The number of nitrogens with zero attached hydrogens (tertiary/aromatic N) is 4. The van der Waals surface area contributed by atoms with Gasteiger partial charge in [-0.25, -0.2) is 14.8 Å². The van der Waals surface area contributed by atoms with Crippen LogP contribution in [0.15, 0.2) is 82.4 Å². The molecule has 0 saturated heterocycles. The lowest BCUT2D eigenvalue weighted by atomic mass is 10.2. The van der Waals surface area contributed by atoms with E-state index in [4.69, 9.17) is 4.42 Å². The van der Waals surface area contributed by atoms with Crippen LogP contribution in [0.1, 0.15) is 5.56 Å². The number of hydrogen-bond donors (Lipinski definition) is 1. The molecule has 0 aliphatic heterocycles. The van der Waals surface area contributed by atoms with Crippen LogP contribution in [-0.2, 0) is 17.9 Å². The van der Waals surface area contributed by atoms with Gasteiger partial charge in [0, 0.05) is 12.7 Å². The SMILES string of the molecule is O=C(Cn1c(=O)oc2ccccc21)NCc1ccc(-n2cnc3ccccc32)nc1. The molecule has 0 unspecified atom stereocenters. The number of aromatic nitrogens is 4. The van der Waals surface area contributed by atoms with Gasteiger partial charge in [-0.2, -0.15) is 0 Å². The number of para-hydroxylation sites is 4. The molecule has 0 aliphatic rings. The quantitative estimate of drug-likeness (QED) is 0.490. The maximum absolute atomic E-state index is 12.3. The first-order valence-corrected chi connectivity index (χ1v) is 9.41. The summed E-state index contributed by atoms with van der Waals surface area (Å²) >= 11 is 0. The average molecular weight is 399 g/mol. The van der Waals surface area contributed by atoms with Crippen molar-refractivity contribution in [3.05, 3.63) is 89.3 Å². The molecule has 1 N–H and O–H groups in total. The summed E-state index contributed by atoms with van der Waals surface area (Å²) in [6.07, 6.45) is 3.45. The number of benzene rings is 2. The summed E-state index contributed by atoms with van der Waals surface area (Å²) in [5, 5.41) is 2.81. The summed E-state index contributed by atoms with van der Waals surface area (Å²) in [5.74, 6) is -0.0894. The fourth-order valence-electron chi connectivity index (χ4n) is 3.37. The van der Waals surface area contributed by atoms with E-state index in [0.29, 0.717) is 17.6 Å². The summed E-state index contributed by atoms with van der Waals surface area (Å²) in [6.45, 7) is 0.198. The lowest BCUT2D eigenvalue weighted by molar-refractivity contribution is -0.121. The van der Waals surface area contributed by atoms with Gasteiger partial charge in [0.05, 0.1) is 16.6 Å². The number of imidazole rings is 1. The van der Waals surface area contributed by atoms with Crippen LogP contribution < -0.4 is 11.1 Å². The lowest BCUT2D eigenvalue weighted by Gasteiger charge is -2.07. The van der Waals surface area contributed by atoms with E-state index in [1.165, 1.54) is 4.57 Å². The second kappa shape index (κ2) is 7.32. The van der Waals surface area contributed by atoms with Crippen LogP contribution in [0, 0.1) is 0 Å². The van der Waals surface area contributed by atoms with Crippen LogP contribution in [0.2, 0.25) is 0 Å². The molecule has 0 radical (unpaired) electrons. The zero-order valence-electron chi connectivity index (χ0n) is 15.9. The molecule has 30 heavy (non-hydrogen) atoms. The Morgan fingerprint density at radius 2 is 1.77 bits per heavy atom. The molecule has 8 heteroatoms. The van der Waals surface area contributed by atoms with E-state index in [9.17, 15) is 9.59 Å². The molecule has 2 aromatic carbocycles. The maximum atomic E-state index is 12.3. The zero-order valence-corrected chi connectivity index (χ0v) is 15.9. The van der Waals surface area contributed by atoms with E-state index >= 15 is 0 Å². The summed E-state index contributed by atoms with van der Waals surface area (Å²) in [6, 6.07) is 18.6. The van der Waals surface area contributed by atoms with Crippen molar-refractivity contribution in [3.8, 4) is 5.82 Å². The van der Waals surface area contributed by atoms with Crippen LogP contribution in [0.5, 0.6) is 0 Å². The minimum Gasteiger partial charge on any atom is -0.408 e. The molecule has 3 aromatic heterocycles. The highest BCUT2D eigenvalue weighted by Crippen LogP contribution is 2.16. The summed E-state index contributed by atoms with van der Waals surface area (Å²) in [4.78, 5) is 33.2. The van der Waals surface area contributed by atoms with Crippen molar-refractivity contribution in [2.75, 3.05) is 0 Å². The number of oxazole rings is 1. The third kappa shape index (κ3) is 3.24. The molecule has 0 aliphatic carbocycles. The van der Waals surface area contributed by atoms with Gasteiger partial charge in [-0.05, 0) is 35.9 Å². The molecule has 8 nitrogen and oxygen atoms in total. The molecule has 5 rings (SSSR count). The Labute approximate surface area is 170 Å². The number of carbonyl (C=O) groups is 1. The molecule has 1 amide bonds. The molecular weight excluding hydrogens is 382 g/mol. The highest BCUT2D eigenvalue weighted by Gasteiger charge is 2.12. The Morgan fingerprint density at radius 3 is 2.60 bits per heavy atom. The minimum atomic E-state index is -0.551. The van der Waals surface area contributed by atoms with Crippen LogP contribution in [0.25, 0.3) is 28.0 Å². The Morgan fingerprint density at radius 1 is 0.967 bits per heavy atom. The predicted octanol–water partition coefficient (Wildman–Crippen LogP) is 2.64. The normalized spacial score (nSPS) is 11.2. The van der Waals surface area contributed by atoms with Crippen LogP contribution in [0.3, 0.4) is 0 Å². The number of rotatable bonds is 5. The van der Waals surface area contributed by atoms with E-state index in [2.05, 4.69) is 15.3 Å². The van der Waals surface area contributed by atoms with Crippen LogP contribution in [0.4, 0.5) is 0 Å². The van der Waals surface area contributed by atoms with E-state index in [-0.39, 0.29) is 12.5 Å². The third-order valence-electron chi connectivity index (χ3n) is 4.87. The molecule has 0 fully saturated rings. The number of hydrogen-bond acceptors (Lipinski definition) is 5. The molecule has 0 saturated carbocycles. The molecule has 3 heterocycles. The maximum Gasteiger partial charge on any atom is 0.420 e. The van der Waals surface area contributed by atoms with E-state index in [1.807, 2.05) is 41.0 Å². The number of fused-ring (bicyclic) bond motifs is 2. The smallest absolute Gasteiger partial charge is 0.408 e. The van der Waals surface area contributed by atoms with E-state index in [0.717, 1.165) is 22.4 Å². The average Bonchev–Trinajstić information content (AvgIpc) is 3.34. The molecule has 0 bridgehead atoms. The van der Waals surface area contributed by atoms with Crippen molar-refractivity contribution < 1.29 is 9.21 Å². The molecule has 5 aromatic rings. The van der Waals surface area contributed by atoms with Gasteiger partial charge in [0.1, 0.15) is 18.7 Å². The fourth-order valence-corrected chi connectivity index (χ4v) is 3.37. The number of amides is 1. The second-order valence-corrected chi connectivity index (χ2v) is 6.83. The molecular formula is C22H17N5O3. The van der Waals surface area contributed by atoms with Crippen molar-refractivity contribution in [1.82, 2.24) is 24.4 Å². The van der Waals surface area contributed by atoms with Gasteiger partial charge in [-0.3, -0.25) is 13.9 Å². The molecule has 0 atom stereocenters. The van der Waals surface area contributed by atoms with Crippen LogP contribution in [-0.4, -0.2) is 25.0 Å². The highest BCUT2D eigenvalue weighted by atomic mass is 16.4. The van der Waals surface area contributed by atoms with Crippen molar-refractivity contribution in [1.29, 1.82) is 0 Å². The second-order valence-electron chi connectivity index (χ2n) is 6.83. The minimum absolute atomic E-state index is 0.109. The number of carbonyl (C=O) groups excluding carboxylic acids is 1. The van der Waals surface area contributed by atoms with E-state index < -0.39 is 5.76 Å². The Bertz CT molecular complexity index is 1410. The molecule has 0 spiro atoms. The van der Waals surface area contributed by atoms with Crippen molar-refractivity contribution in [2.45, 2.75) is 13.1 Å².